The number of piperidine rings is 1. The number of likely N-dealkylation sites (tertiary alicyclic amines) is 1. The van der Waals surface area contributed by atoms with Crippen LogP contribution in [0.3, 0.4) is 0 Å². The number of aromatic amines is 1. The van der Waals surface area contributed by atoms with Crippen molar-refractivity contribution in [2.75, 3.05) is 31.5 Å². The summed E-state index contributed by atoms with van der Waals surface area (Å²) < 4.78 is 67.5. The summed E-state index contributed by atoms with van der Waals surface area (Å²) in [5.74, 6) is -2.95. The molecular formula is C16H20N6O. The molecule has 2 atom stereocenters. The van der Waals surface area contributed by atoms with E-state index in [2.05, 4.69) is 19.8 Å². The van der Waals surface area contributed by atoms with Gasteiger partial charge in [0.2, 0.25) is 0 Å². The molecule has 0 aromatic carbocycles. The number of H-pyrrole nitrogens is 1. The highest BCUT2D eigenvalue weighted by Gasteiger charge is 2.33. The molecule has 2 aromatic rings. The molecule has 0 aliphatic carbocycles. The highest BCUT2D eigenvalue weighted by Crippen LogP contribution is 2.28. The van der Waals surface area contributed by atoms with Crippen LogP contribution in [0.25, 0.3) is 15.9 Å². The maximum Gasteiger partial charge on any atom is 0.302 e. The van der Waals surface area contributed by atoms with Crippen molar-refractivity contribution in [3.05, 3.63) is 30.0 Å². The Kier molecular flexibility index (Phi) is 2.25. The fourth-order valence-electron chi connectivity index (χ4n) is 2.28. The van der Waals surface area contributed by atoms with Crippen molar-refractivity contribution in [1.29, 1.82) is 0 Å². The zero-order valence-electron chi connectivity index (χ0n) is 20.6. The number of amides is 1. The Bertz CT molecular complexity index is 1080. The van der Waals surface area contributed by atoms with Gasteiger partial charge in [-0.3, -0.25) is 4.79 Å². The van der Waals surface area contributed by atoms with E-state index in [1.807, 2.05) is 0 Å². The lowest BCUT2D eigenvalue weighted by atomic mass is 9.92. The molecule has 1 fully saturated rings. The van der Waals surface area contributed by atoms with Gasteiger partial charge >= 0.3 is 5.91 Å². The number of likely N-dealkylation sites (N-methyl/N-ethyl adjacent to an activating group) is 1. The Morgan fingerprint density at radius 1 is 1.74 bits per heavy atom. The van der Waals surface area contributed by atoms with Crippen LogP contribution < -0.4 is 4.90 Å². The molecule has 1 saturated heterocycles. The molecular weight excluding hydrogens is 292 g/mol. The topological polar surface area (TPSA) is 69.5 Å². The van der Waals surface area contributed by atoms with Crippen LogP contribution in [0.4, 0.5) is 5.82 Å². The van der Waals surface area contributed by atoms with Gasteiger partial charge in [-0.25, -0.2) is 16.5 Å². The summed E-state index contributed by atoms with van der Waals surface area (Å²) in [6.45, 7) is 0.954. The Morgan fingerprint density at radius 3 is 3.35 bits per heavy atom. The van der Waals surface area contributed by atoms with Crippen LogP contribution in [0.15, 0.2) is 18.6 Å². The molecule has 0 radical (unpaired) electrons. The molecule has 7 heteroatoms. The molecule has 1 N–H and O–H groups in total. The first-order chi connectivity index (χ1) is 14.2. The van der Waals surface area contributed by atoms with Gasteiger partial charge in [0.1, 0.15) is 19.1 Å². The SMILES string of the molecule is [2H]c1nc(N(C)[C@]2([2H])[C@H](C)C([2H])([2H])C([2H])([2H])N(C(=O)C[N+]#[C-])C2([2H])[2H])c2cc[nH]c2n1. The lowest BCUT2D eigenvalue weighted by Crippen LogP contribution is -2.53. The monoisotopic (exact) mass is 320 g/mol. The van der Waals surface area contributed by atoms with E-state index in [-0.39, 0.29) is 16.4 Å². The molecule has 7 nitrogen and oxygen atoms in total. The molecule has 3 rings (SSSR count). The Labute approximate surface area is 146 Å². The smallest absolute Gasteiger partial charge is 0.302 e. The molecule has 1 aliphatic heterocycles. The molecule has 2 aromatic heterocycles. The molecule has 0 unspecified atom stereocenters. The van der Waals surface area contributed by atoms with E-state index in [0.29, 0.717) is 5.39 Å². The number of hydrogen-bond acceptors (Lipinski definition) is 4. The van der Waals surface area contributed by atoms with Gasteiger partial charge in [0.15, 0.2) is 0 Å². The van der Waals surface area contributed by atoms with Crippen LogP contribution >= 0.6 is 0 Å². The average Bonchev–Trinajstić information content (AvgIpc) is 3.12. The third-order valence-electron chi connectivity index (χ3n) is 3.46. The summed E-state index contributed by atoms with van der Waals surface area (Å²) in [7, 11) is 1.27. The Balaban J connectivity index is 2.29. The van der Waals surface area contributed by atoms with Gasteiger partial charge in [-0.2, -0.15) is 0 Å². The molecule has 0 spiro atoms. The first kappa shape index (κ1) is 8.29. The predicted octanol–water partition coefficient (Wildman–Crippen LogP) is 1.55. The summed E-state index contributed by atoms with van der Waals surface area (Å²) in [6, 6.07) is -1.05. The largest absolute Gasteiger partial charge is 0.354 e. The second-order valence-electron chi connectivity index (χ2n) is 4.97. The summed E-state index contributed by atoms with van der Waals surface area (Å²) in [4.78, 5) is 27.2. The van der Waals surface area contributed by atoms with E-state index < -0.39 is 50.1 Å². The van der Waals surface area contributed by atoms with Crippen molar-refractivity contribution in [2.45, 2.75) is 19.3 Å². The number of rotatable bonds is 3. The number of hydrogen-bond donors (Lipinski definition) is 1. The first-order valence-electron chi connectivity index (χ1n) is 10.9. The standard InChI is InChI=1S/C16H20N6O/c1-11-5-7-22(14(23)8-17-2)9-13(11)21(3)16-12-4-6-18-15(12)19-10-20-16/h4,6,10-11,13H,5,7-9H2,1,3H3,(H,18,19,20)/t11-,13+/m1/s1/i5D2,7D2,9D2,10D,13D. The number of anilines is 1. The van der Waals surface area contributed by atoms with Gasteiger partial charge in [0, 0.05) is 31.7 Å². The third-order valence-corrected chi connectivity index (χ3v) is 3.46. The van der Waals surface area contributed by atoms with Crippen LogP contribution in [-0.4, -0.2) is 58.4 Å². The van der Waals surface area contributed by atoms with Crippen LogP contribution in [-0.2, 0) is 4.79 Å². The number of carbonyl (C=O) groups is 1. The minimum atomic E-state index is -3.14. The van der Waals surface area contributed by atoms with Gasteiger partial charge in [-0.15, -0.1) is 0 Å². The highest BCUT2D eigenvalue weighted by molar-refractivity contribution is 5.87. The minimum absolute atomic E-state index is 0.0264. The van der Waals surface area contributed by atoms with E-state index >= 15 is 0 Å². The van der Waals surface area contributed by atoms with Crippen LogP contribution in [0.1, 0.15) is 24.3 Å². The van der Waals surface area contributed by atoms with Crippen molar-refractivity contribution < 1.29 is 15.8 Å². The van der Waals surface area contributed by atoms with Gasteiger partial charge < -0.3 is 19.6 Å². The number of fused-ring (bicyclic) bond motifs is 1. The first-order valence-corrected chi connectivity index (χ1v) is 6.87. The van der Waals surface area contributed by atoms with Gasteiger partial charge in [0.05, 0.1) is 15.5 Å². The minimum Gasteiger partial charge on any atom is -0.354 e. The number of nitrogens with zero attached hydrogens (tertiary/aromatic N) is 5. The predicted molar refractivity (Wildman–Crippen MR) is 87.9 cm³/mol. The fourth-order valence-corrected chi connectivity index (χ4v) is 2.28. The molecule has 0 bridgehead atoms. The van der Waals surface area contributed by atoms with Crippen LogP contribution in [0.2, 0.25) is 0 Å². The van der Waals surface area contributed by atoms with Gasteiger partial charge in [-0.1, -0.05) is 6.92 Å². The van der Waals surface area contributed by atoms with E-state index in [0.717, 1.165) is 4.90 Å². The highest BCUT2D eigenvalue weighted by atomic mass is 16.2. The third kappa shape index (κ3) is 2.84. The van der Waals surface area contributed by atoms with Gasteiger partial charge in [-0.05, 0) is 18.4 Å². The zero-order chi connectivity index (χ0) is 23.6. The Morgan fingerprint density at radius 2 is 2.57 bits per heavy atom. The van der Waals surface area contributed by atoms with E-state index in [1.165, 1.54) is 20.2 Å². The number of aromatic nitrogens is 3. The summed E-state index contributed by atoms with van der Waals surface area (Å²) >= 11 is 0. The second-order valence-corrected chi connectivity index (χ2v) is 4.97. The molecule has 3 heterocycles. The number of nitrogens with one attached hydrogen (secondary N) is 1. The normalized spacial score (nSPS) is 36.0. The quantitative estimate of drug-likeness (QED) is 0.871. The lowest BCUT2D eigenvalue weighted by molar-refractivity contribution is -0.130. The average molecular weight is 320 g/mol. The van der Waals surface area contributed by atoms with E-state index in [4.69, 9.17) is 17.5 Å². The van der Waals surface area contributed by atoms with Crippen molar-refractivity contribution in [3.8, 4) is 0 Å². The summed E-state index contributed by atoms with van der Waals surface area (Å²) in [5.41, 5.74) is 0.244. The number of carbonyl (C=O) groups excluding carboxylic acids is 1. The summed E-state index contributed by atoms with van der Waals surface area (Å²) in [6.07, 6.45) is -1.79. The van der Waals surface area contributed by atoms with Crippen LogP contribution in [0, 0.1) is 12.5 Å². The van der Waals surface area contributed by atoms with Crippen molar-refractivity contribution in [1.82, 2.24) is 19.9 Å². The van der Waals surface area contributed by atoms with Crippen LogP contribution in [0.5, 0.6) is 0 Å². The van der Waals surface area contributed by atoms with Crippen molar-refractivity contribution in [2.24, 2.45) is 5.92 Å². The lowest BCUT2D eigenvalue weighted by Gasteiger charge is -2.41. The molecule has 23 heavy (non-hydrogen) atoms. The second kappa shape index (κ2) is 6.24. The molecule has 1 amide bonds. The molecule has 1 aliphatic rings. The van der Waals surface area contributed by atoms with Crippen molar-refractivity contribution >= 4 is 22.8 Å². The van der Waals surface area contributed by atoms with Gasteiger partial charge in [0.25, 0.3) is 6.54 Å². The zero-order valence-corrected chi connectivity index (χ0v) is 12.6. The van der Waals surface area contributed by atoms with E-state index in [9.17, 15) is 4.79 Å². The van der Waals surface area contributed by atoms with E-state index in [1.54, 1.807) is 6.07 Å². The maximum atomic E-state index is 12.6. The molecule has 0 saturated carbocycles. The van der Waals surface area contributed by atoms with Crippen molar-refractivity contribution in [3.63, 3.8) is 0 Å². The molecule has 120 valence electrons. The summed E-state index contributed by atoms with van der Waals surface area (Å²) in [5, 5.41) is 0.335. The fraction of sp³-hybridized carbons (Fsp3) is 0.500. The Hall–Kier alpha value is -2.62. The maximum absolute atomic E-state index is 12.6.